The van der Waals surface area contributed by atoms with Crippen LogP contribution >= 0.6 is 0 Å². The number of aryl methyl sites for hydroxylation is 1. The van der Waals surface area contributed by atoms with Crippen LogP contribution in [0.1, 0.15) is 11.1 Å². The van der Waals surface area contributed by atoms with E-state index >= 15 is 0 Å². The summed E-state index contributed by atoms with van der Waals surface area (Å²) in [4.78, 5) is 23.0. The van der Waals surface area contributed by atoms with E-state index in [1.807, 2.05) is 0 Å². The number of likely N-dealkylation sites (N-methyl/N-ethyl adjacent to an activating group) is 1. The van der Waals surface area contributed by atoms with Gasteiger partial charge in [-0.1, -0.05) is 24.3 Å². The van der Waals surface area contributed by atoms with Crippen molar-refractivity contribution < 1.29 is 17.6 Å². The molecule has 0 spiro atoms. The van der Waals surface area contributed by atoms with E-state index in [0.29, 0.717) is 27.8 Å². The molecule has 1 heterocycles. The monoisotopic (exact) mass is 507 g/mol. The molecule has 4 aromatic rings. The number of carbonyl (C=O) groups is 1. The summed E-state index contributed by atoms with van der Waals surface area (Å²) in [6.07, 6.45) is 0.119. The molecule has 0 saturated heterocycles. The molecule has 0 aliphatic rings. The zero-order valence-electron chi connectivity index (χ0n) is 20.1. The predicted octanol–water partition coefficient (Wildman–Crippen LogP) is 4.29. The van der Waals surface area contributed by atoms with Crippen molar-refractivity contribution in [2.45, 2.75) is 18.2 Å². The molecule has 0 aliphatic heterocycles. The largest absolute Gasteiger partial charge is 0.337 e. The van der Waals surface area contributed by atoms with Gasteiger partial charge >= 0.3 is 0 Å². The summed E-state index contributed by atoms with van der Waals surface area (Å²) in [5, 5.41) is 3.05. The number of carbonyl (C=O) groups excluding carboxylic acids is 1. The molecule has 0 amide bonds. The van der Waals surface area contributed by atoms with E-state index in [-0.39, 0.29) is 41.1 Å². The molecule has 0 aliphatic carbocycles. The van der Waals surface area contributed by atoms with E-state index in [9.17, 15) is 17.6 Å². The van der Waals surface area contributed by atoms with Gasteiger partial charge in [0.1, 0.15) is 5.82 Å². The number of fused-ring (bicyclic) bond motifs is 1. The third-order valence-corrected chi connectivity index (χ3v) is 6.66. The van der Waals surface area contributed by atoms with Gasteiger partial charge < -0.3 is 10.2 Å². The third-order valence-electron chi connectivity index (χ3n) is 5.32. The number of para-hydroxylation sites is 2. The number of hydrogen-bond acceptors (Lipinski definition) is 7. The van der Waals surface area contributed by atoms with Gasteiger partial charge in [0, 0.05) is 12.1 Å². The van der Waals surface area contributed by atoms with Crippen LogP contribution in [0.2, 0.25) is 0 Å². The smallest absolute Gasteiger partial charge is 0.263 e. The van der Waals surface area contributed by atoms with Gasteiger partial charge in [-0.15, -0.1) is 0 Å². The molecule has 0 bridgehead atoms. The van der Waals surface area contributed by atoms with Crippen LogP contribution in [0.5, 0.6) is 0 Å². The Morgan fingerprint density at radius 2 is 1.64 bits per heavy atom. The SMILES string of the molecule is Cc1cc(Nc2nc3ccccc3nc2NS(=O)(=O)c2cccc(CC(=O)CN(C)C)c2)ccc1F. The quantitative estimate of drug-likeness (QED) is 0.348. The fourth-order valence-corrected chi connectivity index (χ4v) is 4.74. The molecule has 3 aromatic carbocycles. The maximum atomic E-state index is 13.7. The fourth-order valence-electron chi connectivity index (χ4n) is 3.66. The van der Waals surface area contributed by atoms with Crippen molar-refractivity contribution in [1.29, 1.82) is 0 Å². The lowest BCUT2D eigenvalue weighted by atomic mass is 10.1. The Morgan fingerprint density at radius 3 is 2.31 bits per heavy atom. The fraction of sp³-hybridized carbons (Fsp3) is 0.192. The van der Waals surface area contributed by atoms with Crippen molar-refractivity contribution in [3.63, 3.8) is 0 Å². The Bertz CT molecular complexity index is 1540. The molecular formula is C26H26FN5O3S. The van der Waals surface area contributed by atoms with Gasteiger partial charge in [-0.2, -0.15) is 0 Å². The summed E-state index contributed by atoms with van der Waals surface area (Å²) in [5.74, 6) is -0.218. The van der Waals surface area contributed by atoms with Gasteiger partial charge in [0.25, 0.3) is 10.0 Å². The van der Waals surface area contributed by atoms with E-state index in [1.165, 1.54) is 24.3 Å². The first kappa shape index (κ1) is 25.2. The number of rotatable bonds is 9. The van der Waals surface area contributed by atoms with E-state index in [2.05, 4.69) is 20.0 Å². The molecular weight excluding hydrogens is 481 g/mol. The molecule has 0 fully saturated rings. The van der Waals surface area contributed by atoms with E-state index < -0.39 is 10.0 Å². The maximum absolute atomic E-state index is 13.7. The van der Waals surface area contributed by atoms with Crippen molar-refractivity contribution >= 4 is 44.2 Å². The Labute approximate surface area is 209 Å². The molecule has 1 aromatic heterocycles. The van der Waals surface area contributed by atoms with Crippen LogP contribution in [-0.4, -0.2) is 49.7 Å². The summed E-state index contributed by atoms with van der Waals surface area (Å²) in [7, 11) is -0.472. The van der Waals surface area contributed by atoms with Crippen molar-refractivity contribution in [2.75, 3.05) is 30.7 Å². The number of ketones is 1. The molecule has 0 saturated carbocycles. The molecule has 186 valence electrons. The van der Waals surface area contributed by atoms with Crippen molar-refractivity contribution in [3.05, 3.63) is 83.7 Å². The van der Waals surface area contributed by atoms with Gasteiger partial charge in [-0.3, -0.25) is 9.52 Å². The first-order valence-electron chi connectivity index (χ1n) is 11.2. The molecule has 4 rings (SSSR count). The number of benzene rings is 3. The van der Waals surface area contributed by atoms with Gasteiger partial charge in [0.2, 0.25) is 0 Å². The minimum absolute atomic E-state index is 0.00353. The minimum Gasteiger partial charge on any atom is -0.337 e. The lowest BCUT2D eigenvalue weighted by Crippen LogP contribution is -2.23. The number of Topliss-reactive ketones (excluding diaryl/α,β-unsaturated/α-hetero) is 1. The highest BCUT2D eigenvalue weighted by Gasteiger charge is 2.20. The number of sulfonamides is 1. The zero-order valence-corrected chi connectivity index (χ0v) is 20.9. The summed E-state index contributed by atoms with van der Waals surface area (Å²) < 4.78 is 42.9. The first-order valence-corrected chi connectivity index (χ1v) is 12.7. The van der Waals surface area contributed by atoms with Crippen molar-refractivity contribution in [1.82, 2.24) is 14.9 Å². The average molecular weight is 508 g/mol. The number of nitrogens with one attached hydrogen (secondary N) is 2. The normalized spacial score (nSPS) is 11.6. The summed E-state index contributed by atoms with van der Waals surface area (Å²) in [5.41, 5.74) is 2.61. The molecule has 8 nitrogen and oxygen atoms in total. The van der Waals surface area contributed by atoms with E-state index in [0.717, 1.165) is 0 Å². The van der Waals surface area contributed by atoms with Gasteiger partial charge in [-0.05, 0) is 74.6 Å². The number of nitrogens with zero attached hydrogens (tertiary/aromatic N) is 3. The topological polar surface area (TPSA) is 104 Å². The minimum atomic E-state index is -4.07. The number of halogens is 1. The van der Waals surface area contributed by atoms with Gasteiger partial charge in [0.05, 0.1) is 22.5 Å². The third kappa shape index (κ3) is 6.02. The second-order valence-electron chi connectivity index (χ2n) is 8.70. The van der Waals surface area contributed by atoms with Crippen molar-refractivity contribution in [3.8, 4) is 0 Å². The highest BCUT2D eigenvalue weighted by molar-refractivity contribution is 7.92. The van der Waals surface area contributed by atoms with E-state index in [1.54, 1.807) is 68.4 Å². The number of anilines is 3. The second-order valence-corrected chi connectivity index (χ2v) is 10.4. The van der Waals surface area contributed by atoms with Crippen LogP contribution < -0.4 is 10.0 Å². The predicted molar refractivity (Wildman–Crippen MR) is 138 cm³/mol. The summed E-state index contributed by atoms with van der Waals surface area (Å²) in [6.45, 7) is 1.90. The Kier molecular flexibility index (Phi) is 7.27. The van der Waals surface area contributed by atoms with E-state index in [4.69, 9.17) is 0 Å². The van der Waals surface area contributed by atoms with Crippen LogP contribution in [-0.2, 0) is 21.2 Å². The van der Waals surface area contributed by atoms with Gasteiger partial charge in [0.15, 0.2) is 17.4 Å². The molecule has 10 heteroatoms. The second kappa shape index (κ2) is 10.4. The average Bonchev–Trinajstić information content (AvgIpc) is 2.81. The highest BCUT2D eigenvalue weighted by Crippen LogP contribution is 2.28. The van der Waals surface area contributed by atoms with Crippen LogP contribution in [0, 0.1) is 12.7 Å². The molecule has 0 radical (unpaired) electrons. The molecule has 0 atom stereocenters. The Morgan fingerprint density at radius 1 is 0.944 bits per heavy atom. The standard InChI is InChI=1S/C26H26FN5O3S/c1-17-13-19(11-12-22(17)27)28-25-26(30-24-10-5-4-9-23(24)29-25)31-36(34,35)21-8-6-7-18(15-21)14-20(33)16-32(2)3/h4-13,15H,14,16H2,1-3H3,(H,28,29)(H,30,31). The van der Waals surface area contributed by atoms with Crippen LogP contribution in [0.15, 0.2) is 71.6 Å². The Balaban J connectivity index is 1.68. The van der Waals surface area contributed by atoms with Crippen LogP contribution in [0.25, 0.3) is 11.0 Å². The summed E-state index contributed by atoms with van der Waals surface area (Å²) in [6, 6.07) is 17.7. The molecule has 2 N–H and O–H groups in total. The lowest BCUT2D eigenvalue weighted by molar-refractivity contribution is -0.119. The zero-order chi connectivity index (χ0) is 25.9. The van der Waals surface area contributed by atoms with Crippen LogP contribution in [0.3, 0.4) is 0 Å². The first-order chi connectivity index (χ1) is 17.1. The number of hydrogen-bond donors (Lipinski definition) is 2. The number of aromatic nitrogens is 2. The highest BCUT2D eigenvalue weighted by atomic mass is 32.2. The molecule has 0 unspecified atom stereocenters. The Hall–Kier alpha value is -3.89. The molecule has 36 heavy (non-hydrogen) atoms. The lowest BCUT2D eigenvalue weighted by Gasteiger charge is -2.15. The van der Waals surface area contributed by atoms with Crippen molar-refractivity contribution in [2.24, 2.45) is 0 Å². The van der Waals surface area contributed by atoms with Gasteiger partial charge in [-0.25, -0.2) is 22.8 Å². The maximum Gasteiger partial charge on any atom is 0.263 e. The summed E-state index contributed by atoms with van der Waals surface area (Å²) >= 11 is 0. The van der Waals surface area contributed by atoms with Crippen LogP contribution in [0.4, 0.5) is 21.7 Å².